The van der Waals surface area contributed by atoms with Crippen LogP contribution in [0.3, 0.4) is 0 Å². The van der Waals surface area contributed by atoms with Gasteiger partial charge >= 0.3 is 11.9 Å². The van der Waals surface area contributed by atoms with Crippen LogP contribution in [0.5, 0.6) is 0 Å². The lowest BCUT2D eigenvalue weighted by molar-refractivity contribution is 0.0525. The second-order valence-corrected chi connectivity index (χ2v) is 3.52. The first kappa shape index (κ1) is 13.2. The third-order valence-corrected chi connectivity index (χ3v) is 2.43. The predicted molar refractivity (Wildman–Crippen MR) is 57.9 cm³/mol. The molecule has 1 atom stereocenters. The zero-order valence-corrected chi connectivity index (χ0v) is 10.3. The fraction of sp³-hybridized carbons (Fsp3) is 0.545. The molecule has 0 spiro atoms. The van der Waals surface area contributed by atoms with Crippen molar-refractivity contribution in [3.8, 4) is 0 Å². The van der Waals surface area contributed by atoms with Crippen LogP contribution in [0.4, 0.5) is 0 Å². The van der Waals surface area contributed by atoms with Crippen molar-refractivity contribution in [1.82, 2.24) is 4.98 Å². The molecule has 0 fully saturated rings. The second kappa shape index (κ2) is 5.47. The quantitative estimate of drug-likeness (QED) is 0.747. The second-order valence-electron chi connectivity index (χ2n) is 3.52. The van der Waals surface area contributed by atoms with Gasteiger partial charge in [-0.3, -0.25) is 0 Å². The van der Waals surface area contributed by atoms with Crippen molar-refractivity contribution >= 4 is 11.9 Å². The van der Waals surface area contributed by atoms with Gasteiger partial charge in [0.15, 0.2) is 5.89 Å². The lowest BCUT2D eigenvalue weighted by atomic mass is 10.1. The fourth-order valence-corrected chi connectivity index (χ4v) is 1.19. The van der Waals surface area contributed by atoms with Gasteiger partial charge in [0.1, 0.15) is 0 Å². The number of hydrogen-bond donors (Lipinski definition) is 0. The van der Waals surface area contributed by atoms with Gasteiger partial charge in [-0.25, -0.2) is 14.6 Å². The van der Waals surface area contributed by atoms with Gasteiger partial charge < -0.3 is 13.9 Å². The number of oxazole rings is 1. The summed E-state index contributed by atoms with van der Waals surface area (Å²) in [5.74, 6) is -1.34. The number of hydrogen-bond acceptors (Lipinski definition) is 6. The summed E-state index contributed by atoms with van der Waals surface area (Å²) in [7, 11) is 2.41. The molecule has 0 saturated heterocycles. The SMILES string of the molecule is CCC(C)c1nc(C(=O)OC)c(C(=O)OC)o1. The van der Waals surface area contributed by atoms with Crippen LogP contribution in [0.2, 0.25) is 0 Å². The Hall–Kier alpha value is -1.85. The third-order valence-electron chi connectivity index (χ3n) is 2.43. The van der Waals surface area contributed by atoms with Gasteiger partial charge in [-0.05, 0) is 6.42 Å². The minimum absolute atomic E-state index is 0.0109. The summed E-state index contributed by atoms with van der Waals surface area (Å²) in [6.45, 7) is 3.83. The molecule has 0 amide bonds. The van der Waals surface area contributed by atoms with Crippen LogP contribution >= 0.6 is 0 Å². The Morgan fingerprint density at radius 2 is 1.88 bits per heavy atom. The highest BCUT2D eigenvalue weighted by molar-refractivity contribution is 5.99. The zero-order chi connectivity index (χ0) is 13.0. The topological polar surface area (TPSA) is 78.6 Å². The lowest BCUT2D eigenvalue weighted by Crippen LogP contribution is -2.10. The largest absolute Gasteiger partial charge is 0.464 e. The molecular weight excluding hydrogens is 226 g/mol. The number of aromatic nitrogens is 1. The van der Waals surface area contributed by atoms with E-state index in [-0.39, 0.29) is 17.4 Å². The summed E-state index contributed by atoms with van der Waals surface area (Å²) in [5.41, 5.74) is -0.144. The maximum Gasteiger partial charge on any atom is 0.376 e. The number of carbonyl (C=O) groups is 2. The summed E-state index contributed by atoms with van der Waals surface area (Å²) in [5, 5.41) is 0. The van der Waals surface area contributed by atoms with E-state index in [1.807, 2.05) is 13.8 Å². The first-order valence-corrected chi connectivity index (χ1v) is 5.22. The Bertz CT molecular complexity index is 390. The van der Waals surface area contributed by atoms with E-state index in [9.17, 15) is 9.59 Å². The maximum absolute atomic E-state index is 11.4. The highest BCUT2D eigenvalue weighted by Gasteiger charge is 2.28. The Morgan fingerprint density at radius 1 is 1.29 bits per heavy atom. The molecule has 1 rings (SSSR count). The Balaban J connectivity index is 3.21. The predicted octanol–water partition coefficient (Wildman–Crippen LogP) is 1.76. The van der Waals surface area contributed by atoms with E-state index in [0.29, 0.717) is 5.89 Å². The summed E-state index contributed by atoms with van der Waals surface area (Å²) >= 11 is 0. The molecule has 1 aromatic heterocycles. The van der Waals surface area contributed by atoms with Crippen molar-refractivity contribution in [2.75, 3.05) is 14.2 Å². The summed E-state index contributed by atoms with van der Waals surface area (Å²) < 4.78 is 14.3. The molecule has 17 heavy (non-hydrogen) atoms. The van der Waals surface area contributed by atoms with Crippen LogP contribution in [0.15, 0.2) is 4.42 Å². The highest BCUT2D eigenvalue weighted by atomic mass is 16.5. The Labute approximate surface area is 98.9 Å². The van der Waals surface area contributed by atoms with Crippen LogP contribution in [0.25, 0.3) is 0 Å². The van der Waals surface area contributed by atoms with Crippen molar-refractivity contribution < 1.29 is 23.5 Å². The highest BCUT2D eigenvalue weighted by Crippen LogP contribution is 2.22. The lowest BCUT2D eigenvalue weighted by Gasteiger charge is -2.00. The molecule has 6 heteroatoms. The number of methoxy groups -OCH3 is 2. The van der Waals surface area contributed by atoms with Crippen LogP contribution in [-0.4, -0.2) is 31.1 Å². The molecule has 1 unspecified atom stereocenters. The van der Waals surface area contributed by atoms with Crippen molar-refractivity contribution in [2.45, 2.75) is 26.2 Å². The minimum atomic E-state index is -0.743. The number of ether oxygens (including phenoxy) is 2. The average molecular weight is 241 g/mol. The van der Waals surface area contributed by atoms with E-state index < -0.39 is 11.9 Å². The van der Waals surface area contributed by atoms with Gasteiger partial charge in [-0.2, -0.15) is 0 Å². The van der Waals surface area contributed by atoms with Crippen LogP contribution in [-0.2, 0) is 9.47 Å². The molecule has 6 nitrogen and oxygen atoms in total. The van der Waals surface area contributed by atoms with Gasteiger partial charge in [0.25, 0.3) is 0 Å². The van der Waals surface area contributed by atoms with E-state index >= 15 is 0 Å². The van der Waals surface area contributed by atoms with E-state index in [2.05, 4.69) is 14.5 Å². The van der Waals surface area contributed by atoms with Gasteiger partial charge in [0.05, 0.1) is 14.2 Å². The van der Waals surface area contributed by atoms with E-state index in [1.165, 1.54) is 14.2 Å². The molecule has 0 aliphatic rings. The summed E-state index contributed by atoms with van der Waals surface area (Å²) in [6, 6.07) is 0. The molecule has 1 heterocycles. The molecular formula is C11H15NO5. The molecule has 0 saturated carbocycles. The molecule has 0 aliphatic heterocycles. The Kier molecular flexibility index (Phi) is 4.25. The zero-order valence-electron chi connectivity index (χ0n) is 10.3. The number of nitrogens with zero attached hydrogens (tertiary/aromatic N) is 1. The summed E-state index contributed by atoms with van der Waals surface area (Å²) in [4.78, 5) is 26.8. The van der Waals surface area contributed by atoms with Crippen LogP contribution in [0, 0.1) is 0 Å². The Morgan fingerprint density at radius 3 is 2.35 bits per heavy atom. The van der Waals surface area contributed by atoms with E-state index in [4.69, 9.17) is 4.42 Å². The molecule has 0 bridgehead atoms. The first-order chi connectivity index (χ1) is 8.04. The van der Waals surface area contributed by atoms with Crippen molar-refractivity contribution in [3.05, 3.63) is 17.3 Å². The standard InChI is InChI=1S/C11H15NO5/c1-5-6(2)9-12-7(10(13)15-3)8(17-9)11(14)16-4/h6H,5H2,1-4H3. The fourth-order valence-electron chi connectivity index (χ4n) is 1.19. The van der Waals surface area contributed by atoms with Gasteiger partial charge in [-0.15, -0.1) is 0 Å². The molecule has 0 aliphatic carbocycles. The molecule has 1 aromatic rings. The minimum Gasteiger partial charge on any atom is -0.464 e. The molecule has 0 radical (unpaired) electrons. The van der Waals surface area contributed by atoms with Crippen molar-refractivity contribution in [1.29, 1.82) is 0 Å². The number of carbonyl (C=O) groups excluding carboxylic acids is 2. The molecule has 0 N–H and O–H groups in total. The average Bonchev–Trinajstić information content (AvgIpc) is 2.80. The van der Waals surface area contributed by atoms with Gasteiger partial charge in [-0.1, -0.05) is 13.8 Å². The molecule has 0 aromatic carbocycles. The van der Waals surface area contributed by atoms with Crippen LogP contribution < -0.4 is 0 Å². The summed E-state index contributed by atoms with van der Waals surface area (Å²) in [6.07, 6.45) is 0.780. The normalized spacial score (nSPS) is 12.0. The van der Waals surface area contributed by atoms with Gasteiger partial charge in [0.2, 0.25) is 11.5 Å². The van der Waals surface area contributed by atoms with E-state index in [1.54, 1.807) is 0 Å². The number of rotatable bonds is 4. The monoisotopic (exact) mass is 241 g/mol. The number of esters is 2. The molecule has 94 valence electrons. The van der Waals surface area contributed by atoms with Gasteiger partial charge in [0, 0.05) is 5.92 Å². The smallest absolute Gasteiger partial charge is 0.376 e. The third kappa shape index (κ3) is 2.64. The first-order valence-electron chi connectivity index (χ1n) is 5.22. The van der Waals surface area contributed by atoms with Crippen LogP contribution in [0.1, 0.15) is 53.1 Å². The van der Waals surface area contributed by atoms with E-state index in [0.717, 1.165) is 6.42 Å². The van der Waals surface area contributed by atoms with Crippen molar-refractivity contribution in [2.24, 2.45) is 0 Å². The maximum atomic E-state index is 11.4. The van der Waals surface area contributed by atoms with Crippen molar-refractivity contribution in [3.63, 3.8) is 0 Å².